The van der Waals surface area contributed by atoms with E-state index < -0.39 is 0 Å². The number of hydrogen-bond donors (Lipinski definition) is 0. The summed E-state index contributed by atoms with van der Waals surface area (Å²) in [5, 5.41) is 0. The first-order chi connectivity index (χ1) is 28.7. The SMILES string of the molecule is C(=C\CCCn1c(CN(Cc2ccccn2)Cc2ccccn2)nc2ccccc21)/CCCn1c(CN(Cc2ccccn2)Cc2ccccn2)nc2ccccc21. The van der Waals surface area contributed by atoms with Crippen LogP contribution in [0.1, 0.15) is 60.1 Å². The lowest BCUT2D eigenvalue weighted by atomic mass is 10.2. The van der Waals surface area contributed by atoms with Gasteiger partial charge in [0.1, 0.15) is 11.6 Å². The lowest BCUT2D eigenvalue weighted by Gasteiger charge is -2.22. The van der Waals surface area contributed by atoms with E-state index in [1.54, 1.807) is 0 Å². The first-order valence-corrected chi connectivity index (χ1v) is 20.3. The van der Waals surface area contributed by atoms with Crippen molar-refractivity contribution in [2.75, 3.05) is 0 Å². The highest BCUT2D eigenvalue weighted by Crippen LogP contribution is 2.22. The van der Waals surface area contributed by atoms with Gasteiger partial charge < -0.3 is 9.13 Å². The van der Waals surface area contributed by atoms with E-state index >= 15 is 0 Å². The van der Waals surface area contributed by atoms with Crippen LogP contribution >= 0.6 is 0 Å². The summed E-state index contributed by atoms with van der Waals surface area (Å²) in [5.41, 5.74) is 8.56. The largest absolute Gasteiger partial charge is 0.327 e. The van der Waals surface area contributed by atoms with Crippen LogP contribution in [-0.2, 0) is 52.4 Å². The van der Waals surface area contributed by atoms with E-state index in [0.717, 1.165) is 84.2 Å². The molecule has 0 aliphatic heterocycles. The number of imidazole rings is 2. The number of unbranched alkanes of at least 4 members (excludes halogenated alkanes) is 2. The van der Waals surface area contributed by atoms with Crippen LogP contribution in [0.25, 0.3) is 22.1 Å². The molecule has 0 saturated carbocycles. The minimum atomic E-state index is 0.701. The second kappa shape index (κ2) is 19.7. The van der Waals surface area contributed by atoms with Crippen molar-refractivity contribution >= 4 is 22.1 Å². The molecule has 0 bridgehead atoms. The molecule has 292 valence electrons. The highest BCUT2D eigenvalue weighted by molar-refractivity contribution is 5.76. The van der Waals surface area contributed by atoms with E-state index in [1.807, 2.05) is 73.3 Å². The van der Waals surface area contributed by atoms with Crippen LogP contribution in [0.4, 0.5) is 0 Å². The summed E-state index contributed by atoms with van der Waals surface area (Å²) >= 11 is 0. The second-order valence-electron chi connectivity index (χ2n) is 14.7. The summed E-state index contributed by atoms with van der Waals surface area (Å²) in [7, 11) is 0. The molecule has 8 aromatic rings. The molecule has 8 rings (SSSR count). The molecule has 0 saturated heterocycles. The minimum absolute atomic E-state index is 0.701. The first kappa shape index (κ1) is 38.5. The highest BCUT2D eigenvalue weighted by Gasteiger charge is 2.18. The van der Waals surface area contributed by atoms with Crippen LogP contribution in [0.3, 0.4) is 0 Å². The maximum absolute atomic E-state index is 5.13. The fourth-order valence-corrected chi connectivity index (χ4v) is 7.58. The summed E-state index contributed by atoms with van der Waals surface area (Å²) in [4.78, 5) is 33.5. The molecule has 0 fully saturated rings. The third-order valence-corrected chi connectivity index (χ3v) is 10.3. The maximum atomic E-state index is 5.13. The Morgan fingerprint density at radius 3 is 1.09 bits per heavy atom. The van der Waals surface area contributed by atoms with Crippen molar-refractivity contribution in [1.82, 2.24) is 48.8 Å². The molecule has 10 heteroatoms. The van der Waals surface area contributed by atoms with Crippen LogP contribution in [0, 0.1) is 0 Å². The van der Waals surface area contributed by atoms with Crippen LogP contribution < -0.4 is 0 Å². The van der Waals surface area contributed by atoms with Crippen LogP contribution in [0.2, 0.25) is 0 Å². The molecule has 0 amide bonds. The van der Waals surface area contributed by atoms with E-state index in [-0.39, 0.29) is 0 Å². The number of pyridine rings is 4. The normalized spacial score (nSPS) is 11.8. The number of aromatic nitrogens is 8. The van der Waals surface area contributed by atoms with Crippen LogP contribution in [0.5, 0.6) is 0 Å². The van der Waals surface area contributed by atoms with Gasteiger partial charge in [0, 0.05) is 64.1 Å². The Labute approximate surface area is 340 Å². The number of hydrogen-bond acceptors (Lipinski definition) is 8. The molecule has 0 unspecified atom stereocenters. The first-order valence-electron chi connectivity index (χ1n) is 20.3. The van der Waals surface area contributed by atoms with Crippen LogP contribution in [0.15, 0.2) is 158 Å². The topological polar surface area (TPSA) is 93.7 Å². The van der Waals surface area contributed by atoms with Crippen LogP contribution in [-0.4, -0.2) is 48.8 Å². The molecule has 6 aromatic heterocycles. The fourth-order valence-electron chi connectivity index (χ4n) is 7.58. The van der Waals surface area contributed by atoms with E-state index in [4.69, 9.17) is 9.97 Å². The zero-order valence-electron chi connectivity index (χ0n) is 33.0. The molecule has 0 spiro atoms. The standard InChI is InChI=1S/C48H50N10/c1(3-17-31-57-45-25-7-5-23-43(45)53-47(57)37-55(33-39-19-9-13-27-49-39)34-40-20-10-14-28-50-40)2-4-18-32-58-46-26-8-6-24-44(46)54-48(58)38-56(35-41-21-11-15-29-51-41)36-42-22-12-16-30-52-42/h1-2,5-16,19-30H,3-4,17-18,31-38H2/b2-1+. The Morgan fingerprint density at radius 1 is 0.397 bits per heavy atom. The molecule has 6 heterocycles. The van der Waals surface area contributed by atoms with Crippen molar-refractivity contribution in [3.05, 3.63) is 193 Å². The fraction of sp³-hybridized carbons (Fsp3) is 0.250. The van der Waals surface area contributed by atoms with Gasteiger partial charge >= 0.3 is 0 Å². The van der Waals surface area contributed by atoms with E-state index in [0.29, 0.717) is 39.3 Å². The summed E-state index contributed by atoms with van der Waals surface area (Å²) in [5.74, 6) is 2.14. The predicted molar refractivity (Wildman–Crippen MR) is 230 cm³/mol. The van der Waals surface area contributed by atoms with Gasteiger partial charge in [-0.3, -0.25) is 29.7 Å². The Kier molecular flexibility index (Phi) is 13.1. The van der Waals surface area contributed by atoms with Crippen molar-refractivity contribution in [2.45, 2.75) is 78.0 Å². The van der Waals surface area contributed by atoms with E-state index in [9.17, 15) is 0 Å². The Balaban J connectivity index is 0.896. The van der Waals surface area contributed by atoms with Gasteiger partial charge in [0.25, 0.3) is 0 Å². The zero-order chi connectivity index (χ0) is 39.2. The average molecular weight is 767 g/mol. The van der Waals surface area contributed by atoms with Gasteiger partial charge in [0.15, 0.2) is 0 Å². The Hall–Kier alpha value is -6.36. The molecule has 0 N–H and O–H groups in total. The van der Waals surface area contributed by atoms with Gasteiger partial charge in [-0.25, -0.2) is 9.97 Å². The quantitative estimate of drug-likeness (QED) is 0.0560. The number of allylic oxidation sites excluding steroid dienone is 2. The number of benzene rings is 2. The molecular formula is C48H50N10. The number of para-hydroxylation sites is 4. The third-order valence-electron chi connectivity index (χ3n) is 10.3. The smallest absolute Gasteiger partial charge is 0.124 e. The Bertz CT molecular complexity index is 2220. The van der Waals surface area contributed by atoms with E-state index in [2.05, 4.69) is 124 Å². The molecule has 0 radical (unpaired) electrons. The number of aryl methyl sites for hydroxylation is 2. The molecule has 0 aliphatic rings. The predicted octanol–water partition coefficient (Wildman–Crippen LogP) is 9.19. The van der Waals surface area contributed by atoms with Crippen molar-refractivity contribution in [3.8, 4) is 0 Å². The van der Waals surface area contributed by atoms with Gasteiger partial charge in [-0.15, -0.1) is 0 Å². The van der Waals surface area contributed by atoms with Gasteiger partial charge in [-0.2, -0.15) is 0 Å². The number of fused-ring (bicyclic) bond motifs is 2. The summed E-state index contributed by atoms with van der Waals surface area (Å²) in [6.45, 7) is 6.07. The molecule has 2 aromatic carbocycles. The summed E-state index contributed by atoms with van der Waals surface area (Å²) < 4.78 is 4.81. The lowest BCUT2D eigenvalue weighted by molar-refractivity contribution is 0.232. The van der Waals surface area contributed by atoms with Gasteiger partial charge in [0.05, 0.1) is 57.9 Å². The molecule has 0 atom stereocenters. The van der Waals surface area contributed by atoms with E-state index in [1.165, 1.54) is 11.0 Å². The second-order valence-corrected chi connectivity index (χ2v) is 14.7. The Morgan fingerprint density at radius 2 is 0.741 bits per heavy atom. The van der Waals surface area contributed by atoms with Crippen molar-refractivity contribution in [1.29, 1.82) is 0 Å². The maximum Gasteiger partial charge on any atom is 0.124 e. The molecule has 58 heavy (non-hydrogen) atoms. The molecule has 10 nitrogen and oxygen atoms in total. The number of rotatable bonds is 20. The van der Waals surface area contributed by atoms with Gasteiger partial charge in [0.2, 0.25) is 0 Å². The minimum Gasteiger partial charge on any atom is -0.327 e. The highest BCUT2D eigenvalue weighted by atomic mass is 15.2. The van der Waals surface area contributed by atoms with Crippen molar-refractivity contribution in [3.63, 3.8) is 0 Å². The third kappa shape index (κ3) is 10.3. The zero-order valence-corrected chi connectivity index (χ0v) is 33.0. The molecular weight excluding hydrogens is 717 g/mol. The average Bonchev–Trinajstić information content (AvgIpc) is 3.79. The van der Waals surface area contributed by atoms with Gasteiger partial charge in [-0.1, -0.05) is 60.7 Å². The number of nitrogens with zero attached hydrogens (tertiary/aromatic N) is 10. The monoisotopic (exact) mass is 766 g/mol. The summed E-state index contributed by atoms with van der Waals surface area (Å²) in [6.07, 6.45) is 16.2. The lowest BCUT2D eigenvalue weighted by Crippen LogP contribution is -2.25. The summed E-state index contributed by atoms with van der Waals surface area (Å²) in [6, 6.07) is 41.3. The molecule has 0 aliphatic carbocycles. The van der Waals surface area contributed by atoms with Crippen molar-refractivity contribution in [2.24, 2.45) is 0 Å². The van der Waals surface area contributed by atoms with Crippen molar-refractivity contribution < 1.29 is 0 Å². The van der Waals surface area contributed by atoms with Gasteiger partial charge in [-0.05, 0) is 98.5 Å².